The molecule has 2 N–H and O–H groups in total. The molecule has 0 bridgehead atoms. The fourth-order valence-corrected chi connectivity index (χ4v) is 3.34. The lowest BCUT2D eigenvalue weighted by Crippen LogP contribution is -2.54. The number of hydrogen-bond acceptors (Lipinski definition) is 3. The minimum atomic E-state index is -0.247. The maximum Gasteiger partial charge on any atom is 0.252 e. The number of piperidine rings is 1. The van der Waals surface area contributed by atoms with E-state index in [-0.39, 0.29) is 17.2 Å². The highest BCUT2D eigenvalue weighted by Crippen LogP contribution is 2.26. The minimum Gasteiger partial charge on any atom is -0.508 e. The number of hydrogen-bond donors (Lipinski definition) is 2. The number of likely N-dealkylation sites (tertiary alicyclic amines) is 1. The fourth-order valence-electron chi connectivity index (χ4n) is 3.14. The lowest BCUT2D eigenvalue weighted by Gasteiger charge is -2.43. The van der Waals surface area contributed by atoms with Crippen molar-refractivity contribution >= 4 is 17.5 Å². The Morgan fingerprint density at radius 3 is 2.91 bits per heavy atom. The normalized spacial score (nSPS) is 19.6. The molecule has 2 rings (SSSR count). The van der Waals surface area contributed by atoms with E-state index in [1.165, 1.54) is 37.5 Å². The van der Waals surface area contributed by atoms with Crippen LogP contribution in [0.4, 0.5) is 0 Å². The number of halogens is 1. The molecule has 1 amide bonds. The Kier molecular flexibility index (Phi) is 5.93. The van der Waals surface area contributed by atoms with Gasteiger partial charge in [0.25, 0.3) is 5.91 Å². The van der Waals surface area contributed by atoms with Gasteiger partial charge in [0.1, 0.15) is 5.75 Å². The molecular formula is C18H27ClN2O2. The maximum absolute atomic E-state index is 12.3. The molecule has 1 aliphatic heterocycles. The Morgan fingerprint density at radius 1 is 1.48 bits per heavy atom. The van der Waals surface area contributed by atoms with Crippen LogP contribution in [0.1, 0.15) is 50.4 Å². The summed E-state index contributed by atoms with van der Waals surface area (Å²) in [5.41, 5.74) is 0.208. The molecule has 1 aromatic rings. The number of aromatic hydroxyl groups is 1. The second-order valence-electron chi connectivity index (χ2n) is 7.02. The van der Waals surface area contributed by atoms with Gasteiger partial charge < -0.3 is 10.4 Å². The summed E-state index contributed by atoms with van der Waals surface area (Å²) in [6.45, 7) is 9.28. The summed E-state index contributed by atoms with van der Waals surface area (Å²) in [6.07, 6.45) is 3.72. The molecule has 0 spiro atoms. The molecule has 1 aromatic carbocycles. The van der Waals surface area contributed by atoms with E-state index >= 15 is 0 Å². The Bertz CT molecular complexity index is 560. The highest BCUT2D eigenvalue weighted by molar-refractivity contribution is 6.33. The fraction of sp³-hybridized carbons (Fsp3) is 0.611. The van der Waals surface area contributed by atoms with Gasteiger partial charge in [0, 0.05) is 18.6 Å². The lowest BCUT2D eigenvalue weighted by atomic mass is 9.91. The van der Waals surface area contributed by atoms with E-state index in [0.717, 1.165) is 19.0 Å². The van der Waals surface area contributed by atoms with Crippen LogP contribution in [0, 0.1) is 5.92 Å². The topological polar surface area (TPSA) is 52.6 Å². The van der Waals surface area contributed by atoms with Crippen molar-refractivity contribution in [1.29, 1.82) is 0 Å². The van der Waals surface area contributed by atoms with Crippen LogP contribution in [0.5, 0.6) is 5.75 Å². The quantitative estimate of drug-likeness (QED) is 0.861. The molecule has 0 aromatic heterocycles. The van der Waals surface area contributed by atoms with Crippen LogP contribution in [0.3, 0.4) is 0 Å². The smallest absolute Gasteiger partial charge is 0.252 e. The zero-order valence-corrected chi connectivity index (χ0v) is 15.0. The van der Waals surface area contributed by atoms with Crippen molar-refractivity contribution in [3.05, 3.63) is 28.8 Å². The summed E-state index contributed by atoms with van der Waals surface area (Å²) in [7, 11) is 0. The first kappa shape index (κ1) is 18.1. The molecule has 1 fully saturated rings. The van der Waals surface area contributed by atoms with Gasteiger partial charge in [-0.25, -0.2) is 0 Å². The van der Waals surface area contributed by atoms with Gasteiger partial charge in [-0.3, -0.25) is 9.69 Å². The van der Waals surface area contributed by atoms with Crippen LogP contribution < -0.4 is 5.32 Å². The molecule has 0 aliphatic carbocycles. The summed E-state index contributed by atoms with van der Waals surface area (Å²) in [4.78, 5) is 14.8. The zero-order chi connectivity index (χ0) is 17.0. The van der Waals surface area contributed by atoms with Gasteiger partial charge in [-0.2, -0.15) is 0 Å². The number of rotatable bonds is 5. The monoisotopic (exact) mass is 338 g/mol. The van der Waals surface area contributed by atoms with Gasteiger partial charge in [0.05, 0.1) is 10.6 Å². The van der Waals surface area contributed by atoms with Gasteiger partial charge in [-0.15, -0.1) is 0 Å². The Labute approximate surface area is 143 Å². The van der Waals surface area contributed by atoms with Crippen molar-refractivity contribution in [2.24, 2.45) is 5.92 Å². The zero-order valence-electron chi connectivity index (χ0n) is 14.2. The van der Waals surface area contributed by atoms with Crippen molar-refractivity contribution < 1.29 is 9.90 Å². The van der Waals surface area contributed by atoms with E-state index in [1.807, 2.05) is 0 Å². The molecule has 0 saturated carbocycles. The predicted octanol–water partition coefficient (Wildman–Crippen LogP) is 3.68. The van der Waals surface area contributed by atoms with E-state index in [9.17, 15) is 9.90 Å². The number of nitrogens with zero attached hydrogens (tertiary/aromatic N) is 1. The van der Waals surface area contributed by atoms with Crippen LogP contribution in [0.2, 0.25) is 5.02 Å². The van der Waals surface area contributed by atoms with Gasteiger partial charge >= 0.3 is 0 Å². The molecular weight excluding hydrogens is 312 g/mol. The molecule has 5 heteroatoms. The molecule has 1 atom stereocenters. The van der Waals surface area contributed by atoms with Crippen LogP contribution in [0.25, 0.3) is 0 Å². The number of amides is 1. The van der Waals surface area contributed by atoms with Crippen molar-refractivity contribution in [3.63, 3.8) is 0 Å². The Balaban J connectivity index is 1.98. The average Bonchev–Trinajstić information content (AvgIpc) is 2.55. The van der Waals surface area contributed by atoms with E-state index in [2.05, 4.69) is 31.0 Å². The van der Waals surface area contributed by atoms with Crippen LogP contribution in [0.15, 0.2) is 18.2 Å². The van der Waals surface area contributed by atoms with Crippen LogP contribution in [-0.2, 0) is 0 Å². The predicted molar refractivity (Wildman–Crippen MR) is 94.1 cm³/mol. The summed E-state index contributed by atoms with van der Waals surface area (Å²) in [5.74, 6) is 0.544. The van der Waals surface area contributed by atoms with E-state index in [4.69, 9.17) is 11.6 Å². The maximum atomic E-state index is 12.3. The molecule has 1 aliphatic rings. The summed E-state index contributed by atoms with van der Waals surface area (Å²) >= 11 is 6.05. The van der Waals surface area contributed by atoms with Crippen LogP contribution in [-0.4, -0.2) is 41.1 Å². The average molecular weight is 339 g/mol. The number of phenolic OH excluding ortho intramolecular Hbond substituents is 1. The first-order chi connectivity index (χ1) is 10.8. The highest BCUT2D eigenvalue weighted by Gasteiger charge is 2.31. The van der Waals surface area contributed by atoms with Gasteiger partial charge in [0.15, 0.2) is 0 Å². The summed E-state index contributed by atoms with van der Waals surface area (Å²) < 4.78 is 0. The van der Waals surface area contributed by atoms with Crippen molar-refractivity contribution in [1.82, 2.24) is 10.2 Å². The number of phenols is 1. The molecule has 0 unspecified atom stereocenters. The molecule has 0 radical (unpaired) electrons. The SMILES string of the molecule is CC[C@@H]1CCCN(C(C)(C)CNC(=O)c2cc(O)ccc2Cl)C1. The summed E-state index contributed by atoms with van der Waals surface area (Å²) in [5, 5.41) is 12.8. The third kappa shape index (κ3) is 4.61. The van der Waals surface area contributed by atoms with Crippen molar-refractivity contribution in [3.8, 4) is 5.75 Å². The third-order valence-corrected chi connectivity index (χ3v) is 5.16. The minimum absolute atomic E-state index is 0.0422. The van der Waals surface area contributed by atoms with Gasteiger partial charge in [-0.05, 0) is 57.4 Å². The van der Waals surface area contributed by atoms with Gasteiger partial charge in [-0.1, -0.05) is 24.9 Å². The number of nitrogens with one attached hydrogen (secondary N) is 1. The van der Waals surface area contributed by atoms with Crippen molar-refractivity contribution in [2.75, 3.05) is 19.6 Å². The molecule has 1 saturated heterocycles. The number of benzene rings is 1. The molecule has 23 heavy (non-hydrogen) atoms. The standard InChI is InChI=1S/C18H27ClN2O2/c1-4-13-6-5-9-21(11-13)18(2,3)12-20-17(23)15-10-14(22)7-8-16(15)19/h7-8,10,13,22H,4-6,9,11-12H2,1-3H3,(H,20,23)/t13-/m1/s1. The molecule has 4 nitrogen and oxygen atoms in total. The first-order valence-electron chi connectivity index (χ1n) is 8.35. The highest BCUT2D eigenvalue weighted by atomic mass is 35.5. The van der Waals surface area contributed by atoms with E-state index < -0.39 is 0 Å². The summed E-state index contributed by atoms with van der Waals surface area (Å²) in [6, 6.07) is 4.41. The van der Waals surface area contributed by atoms with E-state index in [1.54, 1.807) is 0 Å². The first-order valence-corrected chi connectivity index (χ1v) is 8.73. The molecule has 128 valence electrons. The third-order valence-electron chi connectivity index (χ3n) is 4.83. The van der Waals surface area contributed by atoms with Crippen molar-refractivity contribution in [2.45, 2.75) is 45.6 Å². The number of carbonyl (C=O) groups excluding carboxylic acids is 1. The second-order valence-corrected chi connectivity index (χ2v) is 7.43. The molecule has 1 heterocycles. The Morgan fingerprint density at radius 2 is 2.22 bits per heavy atom. The lowest BCUT2D eigenvalue weighted by molar-refractivity contribution is 0.0612. The van der Waals surface area contributed by atoms with E-state index in [0.29, 0.717) is 17.1 Å². The van der Waals surface area contributed by atoms with Crippen LogP contribution >= 0.6 is 11.6 Å². The Hall–Kier alpha value is -1.26. The van der Waals surface area contributed by atoms with Gasteiger partial charge in [0.2, 0.25) is 0 Å². The largest absolute Gasteiger partial charge is 0.508 e. The number of carbonyl (C=O) groups is 1. The second kappa shape index (κ2) is 7.54.